The van der Waals surface area contributed by atoms with Crippen LogP contribution in [0.15, 0.2) is 6.07 Å². The predicted molar refractivity (Wildman–Crippen MR) is 73.8 cm³/mol. The van der Waals surface area contributed by atoms with Crippen molar-refractivity contribution in [3.8, 4) is 12.3 Å². The maximum atomic E-state index is 12.4. The second kappa shape index (κ2) is 4.78. The van der Waals surface area contributed by atoms with Crippen molar-refractivity contribution in [3.63, 3.8) is 0 Å². The third-order valence-electron chi connectivity index (χ3n) is 3.70. The number of carbonyl (C=O) groups is 1. The molecule has 2 nitrogen and oxygen atoms in total. The zero-order valence-electron chi connectivity index (χ0n) is 10.4. The van der Waals surface area contributed by atoms with E-state index < -0.39 is 0 Å². The molecule has 2 aliphatic carbocycles. The summed E-state index contributed by atoms with van der Waals surface area (Å²) in [5.74, 6) is 3.44. The third-order valence-corrected chi connectivity index (χ3v) is 4.93. The van der Waals surface area contributed by atoms with Gasteiger partial charge in [0.05, 0.1) is 11.4 Å². The van der Waals surface area contributed by atoms with E-state index in [2.05, 4.69) is 12.0 Å². The van der Waals surface area contributed by atoms with Crippen LogP contribution in [0.4, 0.5) is 0 Å². The molecule has 1 aromatic heterocycles. The van der Waals surface area contributed by atoms with Gasteiger partial charge in [0.2, 0.25) is 0 Å². The lowest BCUT2D eigenvalue weighted by Crippen LogP contribution is -2.32. The Kier molecular flexibility index (Phi) is 3.13. The third kappa shape index (κ3) is 2.30. The Hall–Kier alpha value is -1.27. The van der Waals surface area contributed by atoms with E-state index in [0.29, 0.717) is 12.5 Å². The number of fused-ring (bicyclic) bond motifs is 1. The lowest BCUT2D eigenvalue weighted by Gasteiger charge is -2.19. The molecular formula is C15H17NOS. The van der Waals surface area contributed by atoms with Gasteiger partial charge in [-0.2, -0.15) is 0 Å². The van der Waals surface area contributed by atoms with Crippen LogP contribution >= 0.6 is 11.3 Å². The highest BCUT2D eigenvalue weighted by molar-refractivity contribution is 7.14. The van der Waals surface area contributed by atoms with Crippen molar-refractivity contribution >= 4 is 17.2 Å². The second-order valence-corrected chi connectivity index (χ2v) is 6.38. The zero-order valence-corrected chi connectivity index (χ0v) is 11.3. The van der Waals surface area contributed by atoms with E-state index in [9.17, 15) is 4.79 Å². The topological polar surface area (TPSA) is 20.3 Å². The minimum absolute atomic E-state index is 0.138. The molecule has 0 spiro atoms. The van der Waals surface area contributed by atoms with Crippen molar-refractivity contribution in [2.45, 2.75) is 32.1 Å². The summed E-state index contributed by atoms with van der Waals surface area (Å²) in [7, 11) is 0. The quantitative estimate of drug-likeness (QED) is 0.761. The molecule has 0 N–H and O–H groups in total. The lowest BCUT2D eigenvalue weighted by molar-refractivity contribution is 0.0774. The van der Waals surface area contributed by atoms with Crippen LogP contribution in [0.25, 0.3) is 0 Å². The number of thiophene rings is 1. The molecule has 2 aliphatic rings. The highest BCUT2D eigenvalue weighted by Crippen LogP contribution is 2.33. The standard InChI is InChI=1S/C15H17NOS/c1-2-8-16(10-11-6-7-11)15(17)14-9-12-4-3-5-13(12)18-14/h1,9,11H,3-8,10H2. The summed E-state index contributed by atoms with van der Waals surface area (Å²) in [6.07, 6.45) is 11.4. The SMILES string of the molecule is C#CCN(CC1CC1)C(=O)c1cc2c(s1)CCC2. The first-order valence-corrected chi connectivity index (χ1v) is 7.44. The van der Waals surface area contributed by atoms with E-state index in [-0.39, 0.29) is 5.91 Å². The monoisotopic (exact) mass is 259 g/mol. The summed E-state index contributed by atoms with van der Waals surface area (Å²) in [5.41, 5.74) is 1.38. The average Bonchev–Trinajstić information content (AvgIpc) is 2.91. The van der Waals surface area contributed by atoms with Crippen molar-refractivity contribution in [2.24, 2.45) is 5.92 Å². The molecule has 0 aromatic carbocycles. The summed E-state index contributed by atoms with van der Waals surface area (Å²) in [6, 6.07) is 2.09. The molecule has 0 bridgehead atoms. The molecule has 0 atom stereocenters. The van der Waals surface area contributed by atoms with E-state index in [1.165, 1.54) is 29.7 Å². The molecule has 1 saturated carbocycles. The van der Waals surface area contributed by atoms with Crippen molar-refractivity contribution in [1.82, 2.24) is 4.90 Å². The average molecular weight is 259 g/mol. The van der Waals surface area contributed by atoms with Crippen LogP contribution in [0.3, 0.4) is 0 Å². The van der Waals surface area contributed by atoms with Crippen molar-refractivity contribution in [3.05, 3.63) is 21.4 Å². The van der Waals surface area contributed by atoms with Crippen LogP contribution in [-0.2, 0) is 12.8 Å². The molecule has 94 valence electrons. The van der Waals surface area contributed by atoms with Gasteiger partial charge < -0.3 is 4.90 Å². The molecule has 3 rings (SSSR count). The van der Waals surface area contributed by atoms with Crippen LogP contribution in [0, 0.1) is 18.3 Å². The Morgan fingerprint density at radius 1 is 1.50 bits per heavy atom. The van der Waals surface area contributed by atoms with E-state index in [4.69, 9.17) is 6.42 Å². The van der Waals surface area contributed by atoms with Gasteiger partial charge in [-0.25, -0.2) is 0 Å². The highest BCUT2D eigenvalue weighted by Gasteiger charge is 2.28. The minimum Gasteiger partial charge on any atom is -0.327 e. The van der Waals surface area contributed by atoms with Crippen molar-refractivity contribution in [2.75, 3.05) is 13.1 Å². The maximum absolute atomic E-state index is 12.4. The summed E-state index contributed by atoms with van der Waals surface area (Å²) < 4.78 is 0. The van der Waals surface area contributed by atoms with E-state index in [0.717, 1.165) is 24.3 Å². The highest BCUT2D eigenvalue weighted by atomic mass is 32.1. The lowest BCUT2D eigenvalue weighted by atomic mass is 10.2. The van der Waals surface area contributed by atoms with E-state index in [1.54, 1.807) is 11.3 Å². The van der Waals surface area contributed by atoms with Crippen LogP contribution in [0.1, 0.15) is 39.4 Å². The van der Waals surface area contributed by atoms with Crippen LogP contribution in [-0.4, -0.2) is 23.9 Å². The molecule has 0 unspecified atom stereocenters. The van der Waals surface area contributed by atoms with Gasteiger partial charge in [-0.15, -0.1) is 17.8 Å². The van der Waals surface area contributed by atoms with Crippen molar-refractivity contribution < 1.29 is 4.79 Å². The molecule has 0 radical (unpaired) electrons. The second-order valence-electron chi connectivity index (χ2n) is 5.25. The van der Waals surface area contributed by atoms with Crippen LogP contribution in [0.5, 0.6) is 0 Å². The normalized spacial score (nSPS) is 17.3. The number of terminal acetylenes is 1. The number of hydrogen-bond donors (Lipinski definition) is 0. The summed E-state index contributed by atoms with van der Waals surface area (Å²) in [5, 5.41) is 0. The van der Waals surface area contributed by atoms with Gasteiger partial charge in [0.25, 0.3) is 5.91 Å². The molecule has 1 amide bonds. The molecule has 1 heterocycles. The summed E-state index contributed by atoms with van der Waals surface area (Å²) in [4.78, 5) is 16.6. The molecule has 18 heavy (non-hydrogen) atoms. The molecule has 3 heteroatoms. The molecular weight excluding hydrogens is 242 g/mol. The molecule has 0 saturated heterocycles. The van der Waals surface area contributed by atoms with Gasteiger partial charge in [0.15, 0.2) is 0 Å². The van der Waals surface area contributed by atoms with Crippen molar-refractivity contribution in [1.29, 1.82) is 0 Å². The largest absolute Gasteiger partial charge is 0.327 e. The number of aryl methyl sites for hydroxylation is 2. The van der Waals surface area contributed by atoms with Gasteiger partial charge in [-0.3, -0.25) is 4.79 Å². The summed E-state index contributed by atoms with van der Waals surface area (Å²) in [6.45, 7) is 1.28. The van der Waals surface area contributed by atoms with Gasteiger partial charge in [-0.05, 0) is 49.7 Å². The molecule has 1 fully saturated rings. The predicted octanol–water partition coefficient (Wildman–Crippen LogP) is 2.72. The number of hydrogen-bond acceptors (Lipinski definition) is 2. The fourth-order valence-electron chi connectivity index (χ4n) is 2.53. The number of nitrogens with zero attached hydrogens (tertiary/aromatic N) is 1. The number of amides is 1. The maximum Gasteiger partial charge on any atom is 0.264 e. The van der Waals surface area contributed by atoms with E-state index >= 15 is 0 Å². The van der Waals surface area contributed by atoms with Crippen LogP contribution < -0.4 is 0 Å². The first-order chi connectivity index (χ1) is 8.78. The first-order valence-electron chi connectivity index (χ1n) is 6.62. The number of carbonyl (C=O) groups excluding carboxylic acids is 1. The number of rotatable bonds is 4. The Morgan fingerprint density at radius 2 is 2.33 bits per heavy atom. The van der Waals surface area contributed by atoms with Gasteiger partial charge in [-0.1, -0.05) is 5.92 Å². The Balaban J connectivity index is 1.75. The van der Waals surface area contributed by atoms with Crippen LogP contribution in [0.2, 0.25) is 0 Å². The van der Waals surface area contributed by atoms with Gasteiger partial charge in [0, 0.05) is 11.4 Å². The fourth-order valence-corrected chi connectivity index (χ4v) is 3.75. The first kappa shape index (κ1) is 11.8. The van der Waals surface area contributed by atoms with Gasteiger partial charge in [0.1, 0.15) is 0 Å². The Morgan fingerprint density at radius 3 is 3.00 bits per heavy atom. The van der Waals surface area contributed by atoms with E-state index in [1.807, 2.05) is 4.90 Å². The smallest absolute Gasteiger partial charge is 0.264 e. The fraction of sp³-hybridized carbons (Fsp3) is 0.533. The zero-order chi connectivity index (χ0) is 12.5. The summed E-state index contributed by atoms with van der Waals surface area (Å²) >= 11 is 1.67. The molecule has 0 aliphatic heterocycles. The molecule has 1 aromatic rings. The minimum atomic E-state index is 0.138. The Labute approximate surface area is 112 Å². The van der Waals surface area contributed by atoms with Gasteiger partial charge >= 0.3 is 0 Å². The Bertz CT molecular complexity index is 486.